The number of rotatable bonds is 5. The number of pyridine rings is 1. The average Bonchev–Trinajstić information content (AvgIpc) is 2.46. The fourth-order valence-electron chi connectivity index (χ4n) is 2.26. The first-order valence-electron chi connectivity index (χ1n) is 7.24. The highest BCUT2D eigenvalue weighted by Crippen LogP contribution is 2.23. The highest BCUT2D eigenvalue weighted by Gasteiger charge is 2.28. The first-order chi connectivity index (χ1) is 9.54. The Balaban J connectivity index is 2.09. The lowest BCUT2D eigenvalue weighted by atomic mass is 10.0. The molecule has 1 saturated heterocycles. The van der Waals surface area contributed by atoms with E-state index in [1.807, 2.05) is 0 Å². The fraction of sp³-hybridized carbons (Fsp3) is 0.643. The van der Waals surface area contributed by atoms with Crippen LogP contribution >= 0.6 is 0 Å². The van der Waals surface area contributed by atoms with Crippen LogP contribution in [0.4, 0.5) is 5.82 Å². The molecule has 0 radical (unpaired) electrons. The number of nitrogens with zero attached hydrogens (tertiary/aromatic N) is 2. The van der Waals surface area contributed by atoms with Crippen molar-refractivity contribution in [3.05, 3.63) is 18.3 Å². The Morgan fingerprint density at radius 1 is 1.35 bits per heavy atom. The molecule has 6 heteroatoms. The highest BCUT2D eigenvalue weighted by molar-refractivity contribution is 7.89. The van der Waals surface area contributed by atoms with Crippen molar-refractivity contribution in [1.29, 1.82) is 0 Å². The maximum Gasteiger partial charge on any atom is 0.244 e. The zero-order valence-electron chi connectivity index (χ0n) is 12.2. The van der Waals surface area contributed by atoms with Gasteiger partial charge in [-0.1, -0.05) is 13.8 Å². The van der Waals surface area contributed by atoms with Gasteiger partial charge in [-0.3, -0.25) is 0 Å². The Morgan fingerprint density at radius 3 is 2.60 bits per heavy atom. The molecule has 5 nitrogen and oxygen atoms in total. The molecule has 0 spiro atoms. The Morgan fingerprint density at radius 2 is 2.05 bits per heavy atom. The maximum absolute atomic E-state index is 12.5. The number of anilines is 1. The second-order valence-corrected chi connectivity index (χ2v) is 7.33. The molecule has 20 heavy (non-hydrogen) atoms. The fourth-order valence-corrected chi connectivity index (χ4v) is 3.68. The van der Waals surface area contributed by atoms with E-state index in [1.54, 1.807) is 16.4 Å². The molecule has 0 bridgehead atoms. The molecule has 0 atom stereocenters. The van der Waals surface area contributed by atoms with E-state index in [1.165, 1.54) is 6.20 Å². The van der Waals surface area contributed by atoms with Gasteiger partial charge in [0.15, 0.2) is 0 Å². The minimum atomic E-state index is -3.38. The monoisotopic (exact) mass is 297 g/mol. The van der Waals surface area contributed by atoms with Crippen LogP contribution in [-0.4, -0.2) is 37.3 Å². The molecular weight excluding hydrogens is 274 g/mol. The molecule has 0 aliphatic carbocycles. The van der Waals surface area contributed by atoms with Gasteiger partial charge >= 0.3 is 0 Å². The Labute approximate surface area is 121 Å². The summed E-state index contributed by atoms with van der Waals surface area (Å²) in [6, 6.07) is 3.37. The van der Waals surface area contributed by atoms with Crippen LogP contribution in [0.5, 0.6) is 0 Å². The van der Waals surface area contributed by atoms with Gasteiger partial charge in [0, 0.05) is 25.8 Å². The highest BCUT2D eigenvalue weighted by atomic mass is 32.2. The van der Waals surface area contributed by atoms with Crippen LogP contribution in [0.25, 0.3) is 0 Å². The van der Waals surface area contributed by atoms with Gasteiger partial charge in [-0.2, -0.15) is 4.31 Å². The summed E-state index contributed by atoms with van der Waals surface area (Å²) < 4.78 is 26.5. The summed E-state index contributed by atoms with van der Waals surface area (Å²) in [4.78, 5) is 4.46. The number of piperidine rings is 1. The van der Waals surface area contributed by atoms with E-state index in [2.05, 4.69) is 24.1 Å². The van der Waals surface area contributed by atoms with Gasteiger partial charge in [0.05, 0.1) is 0 Å². The average molecular weight is 297 g/mol. The molecule has 2 rings (SSSR count). The number of sulfonamides is 1. The molecule has 0 aromatic carbocycles. The third-order valence-corrected chi connectivity index (χ3v) is 5.56. The predicted molar refractivity (Wildman–Crippen MR) is 80.2 cm³/mol. The molecule has 1 aliphatic heterocycles. The molecule has 0 amide bonds. The lowest BCUT2D eigenvalue weighted by Crippen LogP contribution is -2.37. The molecule has 1 aromatic heterocycles. The van der Waals surface area contributed by atoms with E-state index in [-0.39, 0.29) is 4.90 Å². The zero-order valence-corrected chi connectivity index (χ0v) is 13.0. The van der Waals surface area contributed by atoms with Crippen LogP contribution in [-0.2, 0) is 10.0 Å². The van der Waals surface area contributed by atoms with E-state index in [9.17, 15) is 8.42 Å². The minimum absolute atomic E-state index is 0.286. The Hall–Kier alpha value is -1.14. The van der Waals surface area contributed by atoms with E-state index in [0.29, 0.717) is 19.0 Å². The van der Waals surface area contributed by atoms with Crippen LogP contribution in [0.1, 0.15) is 33.1 Å². The molecule has 1 fully saturated rings. The molecule has 1 aliphatic rings. The molecule has 0 unspecified atom stereocenters. The zero-order chi connectivity index (χ0) is 14.6. The van der Waals surface area contributed by atoms with Crippen LogP contribution in [0.15, 0.2) is 23.2 Å². The van der Waals surface area contributed by atoms with E-state index < -0.39 is 10.0 Å². The van der Waals surface area contributed by atoms with Crippen LogP contribution in [0.3, 0.4) is 0 Å². The van der Waals surface area contributed by atoms with Gasteiger partial charge in [-0.05, 0) is 37.3 Å². The van der Waals surface area contributed by atoms with Gasteiger partial charge in [-0.15, -0.1) is 0 Å². The van der Waals surface area contributed by atoms with Crippen molar-refractivity contribution in [2.45, 2.75) is 38.0 Å². The summed E-state index contributed by atoms with van der Waals surface area (Å²) >= 11 is 0. The van der Waals surface area contributed by atoms with E-state index in [0.717, 1.165) is 31.6 Å². The molecule has 1 N–H and O–H groups in total. The van der Waals surface area contributed by atoms with E-state index >= 15 is 0 Å². The van der Waals surface area contributed by atoms with Crippen LogP contribution in [0, 0.1) is 5.92 Å². The molecule has 1 aromatic rings. The smallest absolute Gasteiger partial charge is 0.244 e. The number of aromatic nitrogens is 1. The number of hydrogen-bond donors (Lipinski definition) is 1. The normalized spacial score (nSPS) is 18.1. The quantitative estimate of drug-likeness (QED) is 0.906. The largest absolute Gasteiger partial charge is 0.370 e. The first-order valence-corrected chi connectivity index (χ1v) is 8.68. The first kappa shape index (κ1) is 15.3. The number of nitrogens with one attached hydrogen (secondary N) is 1. The van der Waals surface area contributed by atoms with Crippen molar-refractivity contribution in [1.82, 2.24) is 9.29 Å². The van der Waals surface area contributed by atoms with Crippen molar-refractivity contribution >= 4 is 15.8 Å². The van der Waals surface area contributed by atoms with E-state index in [4.69, 9.17) is 0 Å². The number of hydrogen-bond acceptors (Lipinski definition) is 4. The standard InChI is InChI=1S/C14H23N3O2S/c1-3-8-15-14-5-4-13(11-16-14)20(18,19)17-9-6-12(2)7-10-17/h4-5,11-12H,3,6-10H2,1-2H3,(H,15,16). The van der Waals surface area contributed by atoms with Gasteiger partial charge < -0.3 is 5.32 Å². The summed E-state index contributed by atoms with van der Waals surface area (Å²) in [5, 5.41) is 3.14. The minimum Gasteiger partial charge on any atom is -0.370 e. The van der Waals surface area contributed by atoms with Crippen molar-refractivity contribution in [2.24, 2.45) is 5.92 Å². The van der Waals surface area contributed by atoms with Crippen molar-refractivity contribution in [2.75, 3.05) is 25.0 Å². The topological polar surface area (TPSA) is 62.3 Å². The van der Waals surface area contributed by atoms with Gasteiger partial charge in [0.25, 0.3) is 0 Å². The molecule has 112 valence electrons. The third-order valence-electron chi connectivity index (χ3n) is 3.67. The Bertz CT molecular complexity index is 520. The maximum atomic E-state index is 12.5. The van der Waals surface area contributed by atoms with Gasteiger partial charge in [-0.25, -0.2) is 13.4 Å². The molecule has 2 heterocycles. The molecule has 0 saturated carbocycles. The van der Waals surface area contributed by atoms with Crippen molar-refractivity contribution in [3.8, 4) is 0 Å². The van der Waals surface area contributed by atoms with Gasteiger partial charge in [0.1, 0.15) is 10.7 Å². The van der Waals surface area contributed by atoms with Crippen LogP contribution in [0.2, 0.25) is 0 Å². The SMILES string of the molecule is CCCNc1ccc(S(=O)(=O)N2CCC(C)CC2)cn1. The second kappa shape index (κ2) is 6.54. The lowest BCUT2D eigenvalue weighted by Gasteiger charge is -2.29. The van der Waals surface area contributed by atoms with Crippen LogP contribution < -0.4 is 5.32 Å². The summed E-state index contributed by atoms with van der Waals surface area (Å²) in [6.45, 7) is 6.30. The Kier molecular flexibility index (Phi) is 4.99. The lowest BCUT2D eigenvalue weighted by molar-refractivity contribution is 0.288. The summed E-state index contributed by atoms with van der Waals surface area (Å²) in [6.07, 6.45) is 4.32. The second-order valence-electron chi connectivity index (χ2n) is 5.39. The molecular formula is C14H23N3O2S. The third kappa shape index (κ3) is 3.49. The summed E-state index contributed by atoms with van der Waals surface area (Å²) in [5.74, 6) is 1.33. The summed E-state index contributed by atoms with van der Waals surface area (Å²) in [5.41, 5.74) is 0. The van der Waals surface area contributed by atoms with Crippen molar-refractivity contribution in [3.63, 3.8) is 0 Å². The van der Waals surface area contributed by atoms with Gasteiger partial charge in [0.2, 0.25) is 10.0 Å². The van der Waals surface area contributed by atoms with Crippen molar-refractivity contribution < 1.29 is 8.42 Å². The summed E-state index contributed by atoms with van der Waals surface area (Å²) in [7, 11) is -3.38. The predicted octanol–water partition coefficient (Wildman–Crippen LogP) is 2.32.